The normalized spacial score (nSPS) is 16.9. The maximum absolute atomic E-state index is 13.0. The predicted molar refractivity (Wildman–Crippen MR) is 130 cm³/mol. The van der Waals surface area contributed by atoms with Gasteiger partial charge >= 0.3 is 0 Å². The molecule has 1 fully saturated rings. The summed E-state index contributed by atoms with van der Waals surface area (Å²) in [5.74, 6) is 0.377. The largest absolute Gasteiger partial charge is 0.485 e. The van der Waals surface area contributed by atoms with E-state index in [0.29, 0.717) is 22.7 Å². The molecule has 1 heterocycles. The summed E-state index contributed by atoms with van der Waals surface area (Å²) < 4.78 is 11.3. The van der Waals surface area contributed by atoms with Crippen molar-refractivity contribution in [1.82, 2.24) is 5.32 Å². The summed E-state index contributed by atoms with van der Waals surface area (Å²) >= 11 is 0. The van der Waals surface area contributed by atoms with Crippen molar-refractivity contribution in [1.29, 1.82) is 0 Å². The van der Waals surface area contributed by atoms with Gasteiger partial charge in [0.2, 0.25) is 5.91 Å². The first-order chi connectivity index (χ1) is 16.3. The fourth-order valence-corrected chi connectivity index (χ4v) is 4.49. The average molecular weight is 465 g/mol. The lowest BCUT2D eigenvalue weighted by Crippen LogP contribution is -2.53. The summed E-state index contributed by atoms with van der Waals surface area (Å²) in [5, 5.41) is 3.09. The lowest BCUT2D eigenvalue weighted by Gasteiger charge is -2.34. The van der Waals surface area contributed by atoms with Crippen molar-refractivity contribution in [3.63, 3.8) is 0 Å². The van der Waals surface area contributed by atoms with E-state index in [0.717, 1.165) is 36.8 Å². The number of carbonyl (C=O) groups is 3. The maximum Gasteiger partial charge on any atom is 0.265 e. The molecule has 0 saturated heterocycles. The van der Waals surface area contributed by atoms with E-state index in [-0.39, 0.29) is 36.9 Å². The number of ether oxygens (including phenoxy) is 2. The summed E-state index contributed by atoms with van der Waals surface area (Å²) in [6, 6.07) is 10.1. The number of anilines is 1. The zero-order valence-electron chi connectivity index (χ0n) is 20.1. The number of hydrogen-bond acceptors (Lipinski definition) is 5. The molecule has 7 nitrogen and oxygen atoms in total. The Morgan fingerprint density at radius 3 is 2.59 bits per heavy atom. The molecule has 1 N–H and O–H groups in total. The quantitative estimate of drug-likeness (QED) is 0.623. The van der Waals surface area contributed by atoms with E-state index in [1.54, 1.807) is 25.1 Å². The van der Waals surface area contributed by atoms with E-state index in [1.807, 2.05) is 32.0 Å². The van der Waals surface area contributed by atoms with E-state index in [9.17, 15) is 14.4 Å². The average Bonchev–Trinajstić information content (AvgIpc) is 2.84. The van der Waals surface area contributed by atoms with Gasteiger partial charge in [0.25, 0.3) is 5.91 Å². The number of amides is 2. The van der Waals surface area contributed by atoms with Crippen molar-refractivity contribution in [2.45, 2.75) is 65.0 Å². The molecule has 0 unspecified atom stereocenters. The van der Waals surface area contributed by atoms with Gasteiger partial charge in [-0.3, -0.25) is 19.3 Å². The Labute approximate surface area is 200 Å². The molecule has 2 amide bonds. The molecule has 2 aromatic rings. The molecule has 7 heteroatoms. The summed E-state index contributed by atoms with van der Waals surface area (Å²) in [4.78, 5) is 40.0. The molecular weight excluding hydrogens is 432 g/mol. The molecule has 4 rings (SSSR count). The van der Waals surface area contributed by atoms with Gasteiger partial charge in [-0.2, -0.15) is 0 Å². The zero-order valence-corrected chi connectivity index (χ0v) is 20.1. The Kier molecular flexibility index (Phi) is 7.20. The number of nitrogens with zero attached hydrogens (tertiary/aromatic N) is 1. The highest BCUT2D eigenvalue weighted by atomic mass is 16.5. The van der Waals surface area contributed by atoms with Gasteiger partial charge in [-0.25, -0.2) is 0 Å². The Morgan fingerprint density at radius 2 is 1.85 bits per heavy atom. The van der Waals surface area contributed by atoms with E-state index >= 15 is 0 Å². The van der Waals surface area contributed by atoms with E-state index in [1.165, 1.54) is 11.3 Å². The second kappa shape index (κ2) is 10.3. The van der Waals surface area contributed by atoms with E-state index in [4.69, 9.17) is 9.47 Å². The first kappa shape index (κ1) is 23.8. The third kappa shape index (κ3) is 5.24. The van der Waals surface area contributed by atoms with Crippen molar-refractivity contribution in [2.75, 3.05) is 18.1 Å². The number of rotatable bonds is 7. The third-order valence-corrected chi connectivity index (χ3v) is 6.73. The number of benzene rings is 2. The molecule has 2 aliphatic rings. The molecule has 180 valence electrons. The van der Waals surface area contributed by atoms with Gasteiger partial charge in [0.15, 0.2) is 19.0 Å². The smallest absolute Gasteiger partial charge is 0.265 e. The number of aryl methyl sites for hydroxylation is 2. The Balaban J connectivity index is 1.49. The van der Waals surface area contributed by atoms with Gasteiger partial charge in [0.1, 0.15) is 17.5 Å². The van der Waals surface area contributed by atoms with Gasteiger partial charge in [-0.1, -0.05) is 25.3 Å². The Morgan fingerprint density at radius 1 is 1.09 bits per heavy atom. The summed E-state index contributed by atoms with van der Waals surface area (Å²) in [6.07, 6.45) is 5.33. The molecule has 1 aliphatic heterocycles. The summed E-state index contributed by atoms with van der Waals surface area (Å²) in [6.45, 7) is 5.45. The van der Waals surface area contributed by atoms with Crippen molar-refractivity contribution in [3.8, 4) is 11.5 Å². The molecule has 1 saturated carbocycles. The molecule has 0 radical (unpaired) electrons. The molecule has 0 spiro atoms. The minimum absolute atomic E-state index is 0.131. The Bertz CT molecular complexity index is 1090. The van der Waals surface area contributed by atoms with Crippen LogP contribution in [0.2, 0.25) is 0 Å². The standard InChI is InChI=1S/C27H32N2O5/c1-17-9-11-22(13-18(17)2)33-15-24(30)20-10-12-25-23(14-20)29(26(31)16-34-25)19(3)27(32)28-21-7-5-4-6-8-21/h9-14,19,21H,4-8,15-16H2,1-3H3,(H,28,32)/t19-/m1/s1. The van der Waals surface area contributed by atoms with Crippen molar-refractivity contribution < 1.29 is 23.9 Å². The molecule has 34 heavy (non-hydrogen) atoms. The number of ketones is 1. The second-order valence-corrected chi connectivity index (χ2v) is 9.21. The van der Waals surface area contributed by atoms with Crippen LogP contribution in [0.3, 0.4) is 0 Å². The van der Waals surface area contributed by atoms with Crippen molar-refractivity contribution in [2.24, 2.45) is 0 Å². The molecular formula is C27H32N2O5. The van der Waals surface area contributed by atoms with Gasteiger partial charge in [-0.15, -0.1) is 0 Å². The maximum atomic E-state index is 13.0. The number of fused-ring (bicyclic) bond motifs is 1. The Hall–Kier alpha value is -3.35. The monoisotopic (exact) mass is 464 g/mol. The fraction of sp³-hybridized carbons (Fsp3) is 0.444. The van der Waals surface area contributed by atoms with Crippen LogP contribution in [0.4, 0.5) is 5.69 Å². The first-order valence-corrected chi connectivity index (χ1v) is 12.0. The van der Waals surface area contributed by atoms with Crippen molar-refractivity contribution in [3.05, 3.63) is 53.1 Å². The minimum atomic E-state index is -0.714. The van der Waals surface area contributed by atoms with Crippen LogP contribution in [0, 0.1) is 13.8 Å². The van der Waals surface area contributed by atoms with Crippen LogP contribution in [0.25, 0.3) is 0 Å². The van der Waals surface area contributed by atoms with Gasteiger partial charge in [-0.05, 0) is 75.1 Å². The lowest BCUT2D eigenvalue weighted by molar-refractivity contribution is -0.128. The van der Waals surface area contributed by atoms with E-state index < -0.39 is 6.04 Å². The van der Waals surface area contributed by atoms with Crippen LogP contribution in [-0.4, -0.2) is 42.9 Å². The highest BCUT2D eigenvalue weighted by Crippen LogP contribution is 2.35. The van der Waals surface area contributed by atoms with Crippen LogP contribution in [-0.2, 0) is 9.59 Å². The van der Waals surface area contributed by atoms with E-state index in [2.05, 4.69) is 5.32 Å². The molecule has 0 bridgehead atoms. The number of carbonyl (C=O) groups excluding carboxylic acids is 3. The number of Topliss-reactive ketones (excluding diaryl/α,β-unsaturated/α-hetero) is 1. The minimum Gasteiger partial charge on any atom is -0.485 e. The number of hydrogen-bond donors (Lipinski definition) is 1. The van der Waals surface area contributed by atoms with Crippen LogP contribution in [0.1, 0.15) is 60.5 Å². The first-order valence-electron chi connectivity index (χ1n) is 12.0. The highest BCUT2D eigenvalue weighted by Gasteiger charge is 2.34. The zero-order chi connectivity index (χ0) is 24.2. The predicted octanol–water partition coefficient (Wildman–Crippen LogP) is 4.13. The molecule has 1 atom stereocenters. The molecule has 0 aromatic heterocycles. The number of nitrogens with one attached hydrogen (secondary N) is 1. The summed E-state index contributed by atoms with van der Waals surface area (Å²) in [7, 11) is 0. The van der Waals surface area contributed by atoms with Gasteiger partial charge in [0, 0.05) is 11.6 Å². The van der Waals surface area contributed by atoms with Crippen LogP contribution in [0.5, 0.6) is 11.5 Å². The van der Waals surface area contributed by atoms with Crippen LogP contribution < -0.4 is 19.7 Å². The lowest BCUT2D eigenvalue weighted by atomic mass is 9.95. The van der Waals surface area contributed by atoms with Gasteiger partial charge in [0.05, 0.1) is 5.69 Å². The SMILES string of the molecule is Cc1ccc(OCC(=O)c2ccc3c(c2)N([C@H](C)C(=O)NC2CCCCC2)C(=O)CO3)cc1C. The summed E-state index contributed by atoms with van der Waals surface area (Å²) in [5.41, 5.74) is 3.07. The van der Waals surface area contributed by atoms with Crippen LogP contribution >= 0.6 is 0 Å². The third-order valence-electron chi connectivity index (χ3n) is 6.73. The van der Waals surface area contributed by atoms with Gasteiger partial charge < -0.3 is 14.8 Å². The highest BCUT2D eigenvalue weighted by molar-refractivity contribution is 6.05. The fourth-order valence-electron chi connectivity index (χ4n) is 4.49. The topological polar surface area (TPSA) is 84.9 Å². The second-order valence-electron chi connectivity index (χ2n) is 9.21. The molecule has 1 aliphatic carbocycles. The molecule has 2 aromatic carbocycles. The van der Waals surface area contributed by atoms with Crippen molar-refractivity contribution >= 4 is 23.3 Å². The van der Waals surface area contributed by atoms with Crippen LogP contribution in [0.15, 0.2) is 36.4 Å².